The fourth-order valence-electron chi connectivity index (χ4n) is 3.05. The molecule has 0 fully saturated rings. The van der Waals surface area contributed by atoms with Crippen LogP contribution in [0.5, 0.6) is 0 Å². The van der Waals surface area contributed by atoms with Gasteiger partial charge in [-0.05, 0) is 44.9 Å². The molecule has 2 aromatic rings. The Morgan fingerprint density at radius 1 is 1.24 bits per heavy atom. The van der Waals surface area contributed by atoms with Gasteiger partial charge in [-0.2, -0.15) is 0 Å². The van der Waals surface area contributed by atoms with Crippen molar-refractivity contribution in [3.05, 3.63) is 35.6 Å². The van der Waals surface area contributed by atoms with Gasteiger partial charge in [0, 0.05) is 12.0 Å². The van der Waals surface area contributed by atoms with E-state index >= 15 is 0 Å². The number of nitrogens with two attached hydrogens (primary N) is 1. The molecule has 1 aromatic heterocycles. The summed E-state index contributed by atoms with van der Waals surface area (Å²) in [7, 11) is 0. The fraction of sp³-hybridized carbons (Fsp3) is 0.529. The molecule has 0 bridgehead atoms. The number of furan rings is 1. The van der Waals surface area contributed by atoms with Gasteiger partial charge in [0.25, 0.3) is 0 Å². The Balaban J connectivity index is 2.46. The molecule has 0 saturated carbocycles. The molecule has 2 rings (SSSR count). The van der Waals surface area contributed by atoms with Gasteiger partial charge in [0.2, 0.25) is 0 Å². The van der Waals surface area contributed by atoms with Crippen molar-refractivity contribution in [2.75, 3.05) is 6.61 Å². The van der Waals surface area contributed by atoms with E-state index < -0.39 is 0 Å². The van der Waals surface area contributed by atoms with Crippen molar-refractivity contribution in [3.8, 4) is 0 Å². The highest BCUT2D eigenvalue weighted by Crippen LogP contribution is 2.37. The molecular weight excluding hydrogens is 264 g/mol. The van der Waals surface area contributed by atoms with Crippen molar-refractivity contribution >= 4 is 11.0 Å². The van der Waals surface area contributed by atoms with E-state index in [0.717, 1.165) is 29.6 Å². The lowest BCUT2D eigenvalue weighted by Crippen LogP contribution is -2.47. The van der Waals surface area contributed by atoms with Crippen LogP contribution in [0.3, 0.4) is 0 Å². The molecule has 0 saturated heterocycles. The number of hydrogen-bond acceptors (Lipinski definition) is 4. The zero-order valence-corrected chi connectivity index (χ0v) is 13.4. The predicted molar refractivity (Wildman–Crippen MR) is 86.0 cm³/mol. The highest BCUT2D eigenvalue weighted by molar-refractivity contribution is 5.78. The quantitative estimate of drug-likeness (QED) is 0.601. The topological polar surface area (TPSA) is 60.4 Å². The first kappa shape index (κ1) is 16.0. The van der Waals surface area contributed by atoms with Crippen molar-refractivity contribution in [1.82, 2.24) is 5.43 Å². The van der Waals surface area contributed by atoms with Crippen LogP contribution in [0.15, 0.2) is 28.7 Å². The molecule has 0 aliphatic rings. The zero-order valence-electron chi connectivity index (χ0n) is 13.4. The summed E-state index contributed by atoms with van der Waals surface area (Å²) in [5, 5.41) is 1.10. The van der Waals surface area contributed by atoms with Crippen molar-refractivity contribution in [3.63, 3.8) is 0 Å². The summed E-state index contributed by atoms with van der Waals surface area (Å²) < 4.78 is 12.1. The molecule has 1 aromatic carbocycles. The lowest BCUT2D eigenvalue weighted by molar-refractivity contribution is -0.0774. The maximum absolute atomic E-state index is 6.05. The van der Waals surface area contributed by atoms with Crippen LogP contribution in [-0.4, -0.2) is 12.2 Å². The summed E-state index contributed by atoms with van der Waals surface area (Å²) in [6.07, 6.45) is 1.73. The Morgan fingerprint density at radius 2 is 1.95 bits per heavy atom. The maximum Gasteiger partial charge on any atom is 0.134 e. The fourth-order valence-corrected chi connectivity index (χ4v) is 3.05. The number of rotatable bonds is 7. The van der Waals surface area contributed by atoms with E-state index in [2.05, 4.69) is 44.4 Å². The Morgan fingerprint density at radius 3 is 2.52 bits per heavy atom. The molecule has 1 heterocycles. The van der Waals surface area contributed by atoms with E-state index in [4.69, 9.17) is 15.0 Å². The number of fused-ring (bicyclic) bond motifs is 1. The van der Waals surface area contributed by atoms with Crippen LogP contribution in [0.2, 0.25) is 0 Å². The number of aryl methyl sites for hydroxylation is 1. The Hall–Kier alpha value is -1.36. The van der Waals surface area contributed by atoms with Gasteiger partial charge in [0.15, 0.2) is 0 Å². The van der Waals surface area contributed by atoms with Crippen LogP contribution in [-0.2, 0) is 4.74 Å². The van der Waals surface area contributed by atoms with Gasteiger partial charge in [0.05, 0.1) is 5.60 Å². The van der Waals surface area contributed by atoms with Crippen LogP contribution in [0.4, 0.5) is 0 Å². The zero-order chi connectivity index (χ0) is 15.5. The summed E-state index contributed by atoms with van der Waals surface area (Å²) >= 11 is 0. The molecule has 1 atom stereocenters. The summed E-state index contributed by atoms with van der Waals surface area (Å²) in [6.45, 7) is 8.98. The predicted octanol–water partition coefficient (Wildman–Crippen LogP) is 3.84. The average molecular weight is 290 g/mol. The minimum atomic E-state index is -0.355. The highest BCUT2D eigenvalue weighted by atomic mass is 16.5. The van der Waals surface area contributed by atoms with Crippen LogP contribution >= 0.6 is 0 Å². The number of hydrazine groups is 1. The largest absolute Gasteiger partial charge is 0.459 e. The minimum absolute atomic E-state index is 0.167. The van der Waals surface area contributed by atoms with Crippen LogP contribution in [0.25, 0.3) is 11.0 Å². The molecule has 0 radical (unpaired) electrons. The van der Waals surface area contributed by atoms with Gasteiger partial charge < -0.3 is 9.15 Å². The first-order valence-electron chi connectivity index (χ1n) is 7.70. The SMILES string of the molecule is CCOC(CC)(CC)C(NN)c1cc2cc(C)ccc2o1. The summed E-state index contributed by atoms with van der Waals surface area (Å²) in [5.74, 6) is 6.66. The lowest BCUT2D eigenvalue weighted by Gasteiger charge is -2.37. The molecule has 21 heavy (non-hydrogen) atoms. The molecule has 116 valence electrons. The standard InChI is InChI=1S/C17H26N2O2/c1-5-17(6-2,20-7-3)16(19-18)15-11-13-10-12(4)8-9-14(13)21-15/h8-11,16,19H,5-7,18H2,1-4H3. The second-order valence-corrected chi connectivity index (χ2v) is 5.49. The normalized spacial score (nSPS) is 13.8. The van der Waals surface area contributed by atoms with Crippen molar-refractivity contribution in [2.24, 2.45) is 5.84 Å². The third-order valence-corrected chi connectivity index (χ3v) is 4.30. The molecule has 0 aliphatic heterocycles. The number of hydrogen-bond donors (Lipinski definition) is 2. The van der Waals surface area contributed by atoms with E-state index in [1.165, 1.54) is 5.56 Å². The molecule has 1 unspecified atom stereocenters. The van der Waals surface area contributed by atoms with Crippen LogP contribution < -0.4 is 11.3 Å². The van der Waals surface area contributed by atoms with Crippen molar-refractivity contribution in [1.29, 1.82) is 0 Å². The van der Waals surface area contributed by atoms with Crippen LogP contribution in [0.1, 0.15) is 51.0 Å². The molecule has 0 spiro atoms. The first-order valence-corrected chi connectivity index (χ1v) is 7.70. The van der Waals surface area contributed by atoms with Gasteiger partial charge in [-0.3, -0.25) is 5.84 Å². The van der Waals surface area contributed by atoms with E-state index in [9.17, 15) is 0 Å². The third-order valence-electron chi connectivity index (χ3n) is 4.30. The number of ether oxygens (including phenoxy) is 1. The highest BCUT2D eigenvalue weighted by Gasteiger charge is 2.39. The second kappa shape index (κ2) is 6.60. The summed E-state index contributed by atoms with van der Waals surface area (Å²) in [4.78, 5) is 0. The van der Waals surface area contributed by atoms with Crippen molar-refractivity contribution < 1.29 is 9.15 Å². The average Bonchev–Trinajstić information content (AvgIpc) is 2.89. The lowest BCUT2D eigenvalue weighted by atomic mass is 9.87. The molecule has 3 N–H and O–H groups in total. The van der Waals surface area contributed by atoms with Gasteiger partial charge in [-0.15, -0.1) is 0 Å². The first-order chi connectivity index (χ1) is 10.1. The smallest absolute Gasteiger partial charge is 0.134 e. The van der Waals surface area contributed by atoms with Gasteiger partial charge >= 0.3 is 0 Å². The number of nitrogens with one attached hydrogen (secondary N) is 1. The molecule has 4 heteroatoms. The number of benzene rings is 1. The minimum Gasteiger partial charge on any atom is -0.459 e. The van der Waals surface area contributed by atoms with E-state index in [1.807, 2.05) is 13.0 Å². The molecule has 0 amide bonds. The van der Waals surface area contributed by atoms with Gasteiger partial charge in [0.1, 0.15) is 17.4 Å². The summed E-state index contributed by atoms with van der Waals surface area (Å²) in [6, 6.07) is 8.07. The molecule has 4 nitrogen and oxygen atoms in total. The van der Waals surface area contributed by atoms with E-state index in [-0.39, 0.29) is 11.6 Å². The third kappa shape index (κ3) is 2.98. The Kier molecular flexibility index (Phi) is 5.04. The Labute approximate surface area is 126 Å². The maximum atomic E-state index is 6.05. The van der Waals surface area contributed by atoms with E-state index in [0.29, 0.717) is 6.61 Å². The second-order valence-electron chi connectivity index (χ2n) is 5.49. The van der Waals surface area contributed by atoms with Gasteiger partial charge in [-0.1, -0.05) is 25.5 Å². The van der Waals surface area contributed by atoms with Gasteiger partial charge in [-0.25, -0.2) is 5.43 Å². The monoisotopic (exact) mass is 290 g/mol. The van der Waals surface area contributed by atoms with Crippen LogP contribution in [0, 0.1) is 6.92 Å². The summed E-state index contributed by atoms with van der Waals surface area (Å²) in [5.41, 5.74) is 4.65. The molecule has 0 aliphatic carbocycles. The van der Waals surface area contributed by atoms with E-state index in [1.54, 1.807) is 0 Å². The molecular formula is C17H26N2O2. The Bertz CT molecular complexity index is 587. The van der Waals surface area contributed by atoms with Crippen molar-refractivity contribution in [2.45, 2.75) is 52.2 Å².